The maximum Gasteiger partial charge on any atom is 0.251 e. The fraction of sp³-hybridized carbons (Fsp3) is 0.357. The maximum atomic E-state index is 12.1. The van der Waals surface area contributed by atoms with Crippen molar-refractivity contribution in [2.24, 2.45) is 0 Å². The highest BCUT2D eigenvalue weighted by atomic mass is 16.5. The van der Waals surface area contributed by atoms with Crippen LogP contribution in [0.3, 0.4) is 0 Å². The molecule has 9 heteroatoms. The van der Waals surface area contributed by atoms with Crippen LogP contribution >= 0.6 is 0 Å². The maximum absolute atomic E-state index is 12.1. The zero-order valence-electron chi connectivity index (χ0n) is 21.6. The first kappa shape index (κ1) is 24.7. The van der Waals surface area contributed by atoms with E-state index < -0.39 is 0 Å². The zero-order chi connectivity index (χ0) is 26.0. The fourth-order valence-corrected chi connectivity index (χ4v) is 4.72. The van der Waals surface area contributed by atoms with Gasteiger partial charge in [-0.05, 0) is 30.7 Å². The molecule has 0 radical (unpaired) electrons. The summed E-state index contributed by atoms with van der Waals surface area (Å²) in [5, 5.41) is 7.23. The van der Waals surface area contributed by atoms with E-state index in [1.807, 2.05) is 30.5 Å². The topological polar surface area (TPSA) is 103 Å². The molecule has 3 aromatic heterocycles. The predicted octanol–water partition coefficient (Wildman–Crippen LogP) is 4.21. The number of carbonyl (C=O) groups is 1. The van der Waals surface area contributed by atoms with Crippen molar-refractivity contribution >= 4 is 22.8 Å². The van der Waals surface area contributed by atoms with Gasteiger partial charge in [-0.1, -0.05) is 19.9 Å². The SMILES string of the molecule is CC[C@](C)(CNc1cc(-c2cn(C3COC3)c3ncccc23)ncn1)c1ccc(C(=O)NC)cc1OC. The Balaban J connectivity index is 1.42. The fourth-order valence-electron chi connectivity index (χ4n) is 4.72. The molecule has 1 aliphatic rings. The smallest absolute Gasteiger partial charge is 0.251 e. The molecule has 4 heterocycles. The lowest BCUT2D eigenvalue weighted by Gasteiger charge is -2.31. The van der Waals surface area contributed by atoms with E-state index in [9.17, 15) is 4.79 Å². The lowest BCUT2D eigenvalue weighted by Crippen LogP contribution is -2.31. The van der Waals surface area contributed by atoms with Crippen LogP contribution in [0, 0.1) is 0 Å². The summed E-state index contributed by atoms with van der Waals surface area (Å²) in [6.07, 6.45) is 6.38. The highest BCUT2D eigenvalue weighted by molar-refractivity contribution is 5.95. The van der Waals surface area contributed by atoms with Crippen LogP contribution in [0.5, 0.6) is 5.75 Å². The van der Waals surface area contributed by atoms with Gasteiger partial charge in [-0.2, -0.15) is 0 Å². The number of pyridine rings is 1. The van der Waals surface area contributed by atoms with E-state index in [-0.39, 0.29) is 11.3 Å². The number of carbonyl (C=O) groups excluding carboxylic acids is 1. The summed E-state index contributed by atoms with van der Waals surface area (Å²) in [6, 6.07) is 11.9. The molecule has 1 aliphatic heterocycles. The molecule has 1 aromatic carbocycles. The van der Waals surface area contributed by atoms with Gasteiger partial charge in [0.05, 0.1) is 32.1 Å². The van der Waals surface area contributed by atoms with E-state index in [4.69, 9.17) is 9.47 Å². The van der Waals surface area contributed by atoms with Gasteiger partial charge in [0.1, 0.15) is 23.5 Å². The van der Waals surface area contributed by atoms with Gasteiger partial charge in [0.2, 0.25) is 0 Å². The summed E-state index contributed by atoms with van der Waals surface area (Å²) in [5.74, 6) is 1.29. The van der Waals surface area contributed by atoms with Crippen LogP contribution in [0.1, 0.15) is 42.2 Å². The number of methoxy groups -OCH3 is 1. The Kier molecular flexibility index (Phi) is 6.80. The number of nitrogens with zero attached hydrogens (tertiary/aromatic N) is 4. The number of fused-ring (bicyclic) bond motifs is 1. The van der Waals surface area contributed by atoms with Crippen LogP contribution in [-0.2, 0) is 10.2 Å². The minimum Gasteiger partial charge on any atom is -0.496 e. The molecular formula is C28H32N6O3. The average Bonchev–Trinajstić information content (AvgIpc) is 3.29. The average molecular weight is 501 g/mol. The molecule has 4 aromatic rings. The Bertz CT molecular complexity index is 1430. The molecule has 0 bridgehead atoms. The summed E-state index contributed by atoms with van der Waals surface area (Å²) >= 11 is 0. The minimum atomic E-state index is -0.262. The van der Waals surface area contributed by atoms with Gasteiger partial charge in [-0.3, -0.25) is 4.79 Å². The number of nitrogens with one attached hydrogen (secondary N) is 2. The van der Waals surface area contributed by atoms with Gasteiger partial charge in [-0.15, -0.1) is 0 Å². The van der Waals surface area contributed by atoms with E-state index in [2.05, 4.69) is 56.3 Å². The van der Waals surface area contributed by atoms with Crippen molar-refractivity contribution in [3.63, 3.8) is 0 Å². The van der Waals surface area contributed by atoms with E-state index in [0.717, 1.165) is 40.1 Å². The van der Waals surface area contributed by atoms with Gasteiger partial charge >= 0.3 is 0 Å². The number of aromatic nitrogens is 4. The standard InChI is InChI=1S/C28H32N6O3/c1-5-28(2,22-9-8-18(27(35)29-3)11-24(22)36-4)16-31-25-12-23(32-17-33-25)21-13-34(19-14-37-15-19)26-20(21)7-6-10-30-26/h6-13,17,19H,5,14-16H2,1-4H3,(H,29,35)(H,31,32,33)/t28-/m1/s1. The molecule has 37 heavy (non-hydrogen) atoms. The Labute approximate surface area is 216 Å². The highest BCUT2D eigenvalue weighted by Crippen LogP contribution is 2.36. The second-order valence-electron chi connectivity index (χ2n) is 9.57. The number of rotatable bonds is 9. The number of amides is 1. The molecule has 0 spiro atoms. The molecule has 1 saturated heterocycles. The Hall–Kier alpha value is -3.98. The van der Waals surface area contributed by atoms with Crippen molar-refractivity contribution < 1.29 is 14.3 Å². The first-order valence-electron chi connectivity index (χ1n) is 12.5. The molecule has 1 fully saturated rings. The summed E-state index contributed by atoms with van der Waals surface area (Å²) in [5.41, 5.74) is 4.12. The second-order valence-corrected chi connectivity index (χ2v) is 9.57. The summed E-state index contributed by atoms with van der Waals surface area (Å²) in [6.45, 7) is 6.34. The lowest BCUT2D eigenvalue weighted by atomic mass is 9.79. The third kappa shape index (κ3) is 4.62. The van der Waals surface area contributed by atoms with E-state index in [1.54, 1.807) is 26.6 Å². The molecule has 9 nitrogen and oxygen atoms in total. The van der Waals surface area contributed by atoms with E-state index in [1.165, 1.54) is 0 Å². The summed E-state index contributed by atoms with van der Waals surface area (Å²) in [7, 11) is 3.25. The molecule has 192 valence electrons. The first-order chi connectivity index (χ1) is 18.0. The van der Waals surface area contributed by atoms with Crippen molar-refractivity contribution in [3.8, 4) is 17.0 Å². The van der Waals surface area contributed by atoms with Crippen molar-refractivity contribution in [1.82, 2.24) is 24.8 Å². The molecule has 0 saturated carbocycles. The quantitative estimate of drug-likeness (QED) is 0.355. The zero-order valence-corrected chi connectivity index (χ0v) is 21.6. The Morgan fingerprint density at radius 2 is 2.05 bits per heavy atom. The largest absolute Gasteiger partial charge is 0.496 e. The van der Waals surface area contributed by atoms with Crippen LogP contribution in [0.25, 0.3) is 22.3 Å². The van der Waals surface area contributed by atoms with Gasteiger partial charge in [0.25, 0.3) is 5.91 Å². The van der Waals surface area contributed by atoms with E-state index >= 15 is 0 Å². The van der Waals surface area contributed by atoms with E-state index in [0.29, 0.717) is 37.1 Å². The molecule has 5 rings (SSSR count). The summed E-state index contributed by atoms with van der Waals surface area (Å²) in [4.78, 5) is 25.8. The third-order valence-corrected chi connectivity index (χ3v) is 7.33. The van der Waals surface area contributed by atoms with Crippen LogP contribution in [0.15, 0.2) is 55.1 Å². The number of hydrogen-bond acceptors (Lipinski definition) is 7. The molecule has 0 aliphatic carbocycles. The number of anilines is 1. The van der Waals surface area contributed by atoms with Gasteiger partial charge in [0.15, 0.2) is 0 Å². The van der Waals surface area contributed by atoms with Crippen LogP contribution < -0.4 is 15.4 Å². The van der Waals surface area contributed by atoms with Crippen LogP contribution in [0.2, 0.25) is 0 Å². The molecule has 1 amide bonds. The number of ether oxygens (including phenoxy) is 2. The van der Waals surface area contributed by atoms with Crippen LogP contribution in [-0.4, -0.2) is 59.3 Å². The molecule has 2 N–H and O–H groups in total. The second kappa shape index (κ2) is 10.2. The van der Waals surface area contributed by atoms with Crippen LogP contribution in [0.4, 0.5) is 5.82 Å². The van der Waals surface area contributed by atoms with Gasteiger partial charge in [0, 0.05) is 59.5 Å². The predicted molar refractivity (Wildman–Crippen MR) is 143 cm³/mol. The molecule has 1 atom stereocenters. The lowest BCUT2D eigenvalue weighted by molar-refractivity contribution is -0.0215. The van der Waals surface area contributed by atoms with Crippen molar-refractivity contribution in [1.29, 1.82) is 0 Å². The molecular weight excluding hydrogens is 468 g/mol. The van der Waals surface area contributed by atoms with Crippen molar-refractivity contribution in [3.05, 3.63) is 66.2 Å². The van der Waals surface area contributed by atoms with Crippen molar-refractivity contribution in [2.45, 2.75) is 31.7 Å². The Morgan fingerprint density at radius 3 is 2.76 bits per heavy atom. The highest BCUT2D eigenvalue weighted by Gasteiger charge is 2.29. The normalized spacial score (nSPS) is 15.1. The number of benzene rings is 1. The van der Waals surface area contributed by atoms with Gasteiger partial charge < -0.3 is 24.7 Å². The monoisotopic (exact) mass is 500 g/mol. The third-order valence-electron chi connectivity index (χ3n) is 7.33. The number of hydrogen-bond donors (Lipinski definition) is 2. The summed E-state index contributed by atoms with van der Waals surface area (Å²) < 4.78 is 13.3. The molecule has 0 unspecified atom stereocenters. The Morgan fingerprint density at radius 1 is 1.22 bits per heavy atom. The van der Waals surface area contributed by atoms with Gasteiger partial charge in [-0.25, -0.2) is 15.0 Å². The van der Waals surface area contributed by atoms with Crippen molar-refractivity contribution in [2.75, 3.05) is 39.2 Å². The minimum absolute atomic E-state index is 0.143. The first-order valence-corrected chi connectivity index (χ1v) is 12.5.